The largest absolute Gasteiger partial charge is 0.332 e. The summed E-state index contributed by atoms with van der Waals surface area (Å²) >= 11 is 0. The highest BCUT2D eigenvalue weighted by molar-refractivity contribution is 5.16. The van der Waals surface area contributed by atoms with Gasteiger partial charge in [0.25, 0.3) is 0 Å². The standard InChI is InChI=1S/C14H26N2/c1-6-7-8-9-10-16-13(5)12(4)15-14(16)11(2)3/h11H,6-10H2,1-5H3. The lowest BCUT2D eigenvalue weighted by Gasteiger charge is -2.12. The highest BCUT2D eigenvalue weighted by atomic mass is 15.1. The van der Waals surface area contributed by atoms with Crippen LogP contribution in [0.1, 0.15) is 69.6 Å². The van der Waals surface area contributed by atoms with Crippen molar-refractivity contribution in [2.45, 2.75) is 72.8 Å². The Kier molecular flexibility index (Phi) is 5.04. The Morgan fingerprint density at radius 1 is 1.12 bits per heavy atom. The summed E-state index contributed by atoms with van der Waals surface area (Å²) in [5.74, 6) is 1.78. The minimum atomic E-state index is 0.526. The van der Waals surface area contributed by atoms with Crippen LogP contribution in [0.4, 0.5) is 0 Å². The maximum atomic E-state index is 4.67. The summed E-state index contributed by atoms with van der Waals surface area (Å²) in [7, 11) is 0. The van der Waals surface area contributed by atoms with Crippen molar-refractivity contribution in [1.82, 2.24) is 9.55 Å². The van der Waals surface area contributed by atoms with Gasteiger partial charge >= 0.3 is 0 Å². The lowest BCUT2D eigenvalue weighted by Crippen LogP contribution is -2.07. The molecule has 2 nitrogen and oxygen atoms in total. The molecule has 0 aliphatic rings. The van der Waals surface area contributed by atoms with Crippen LogP contribution in [0.3, 0.4) is 0 Å². The smallest absolute Gasteiger partial charge is 0.111 e. The number of hydrogen-bond donors (Lipinski definition) is 0. The molecule has 0 aliphatic carbocycles. The van der Waals surface area contributed by atoms with Crippen LogP contribution < -0.4 is 0 Å². The van der Waals surface area contributed by atoms with Gasteiger partial charge < -0.3 is 4.57 Å². The molecule has 16 heavy (non-hydrogen) atoms. The summed E-state index contributed by atoms with van der Waals surface area (Å²) in [6.45, 7) is 12.2. The molecule has 92 valence electrons. The van der Waals surface area contributed by atoms with Gasteiger partial charge in [0.2, 0.25) is 0 Å². The minimum absolute atomic E-state index is 0.526. The van der Waals surface area contributed by atoms with Gasteiger partial charge in [-0.1, -0.05) is 40.0 Å². The van der Waals surface area contributed by atoms with Crippen molar-refractivity contribution in [3.8, 4) is 0 Å². The molecule has 0 aliphatic heterocycles. The van der Waals surface area contributed by atoms with E-state index in [0.717, 1.165) is 6.54 Å². The Bertz CT molecular complexity index is 324. The Balaban J connectivity index is 2.69. The maximum absolute atomic E-state index is 4.67. The number of hydrogen-bond acceptors (Lipinski definition) is 1. The molecule has 1 rings (SSSR count). The Hall–Kier alpha value is -0.790. The predicted molar refractivity (Wildman–Crippen MR) is 69.9 cm³/mol. The molecule has 0 radical (unpaired) electrons. The van der Waals surface area contributed by atoms with E-state index < -0.39 is 0 Å². The first-order chi connectivity index (χ1) is 7.57. The van der Waals surface area contributed by atoms with E-state index in [1.54, 1.807) is 0 Å². The first kappa shape index (κ1) is 13.3. The highest BCUT2D eigenvalue weighted by Gasteiger charge is 2.12. The first-order valence-corrected chi connectivity index (χ1v) is 6.61. The average molecular weight is 222 g/mol. The van der Waals surface area contributed by atoms with Gasteiger partial charge in [0.05, 0.1) is 5.69 Å². The van der Waals surface area contributed by atoms with Gasteiger partial charge in [-0.3, -0.25) is 0 Å². The molecule has 0 saturated heterocycles. The van der Waals surface area contributed by atoms with Crippen LogP contribution in [0.25, 0.3) is 0 Å². The van der Waals surface area contributed by atoms with Gasteiger partial charge in [-0.25, -0.2) is 4.98 Å². The molecule has 0 bridgehead atoms. The summed E-state index contributed by atoms with van der Waals surface area (Å²) < 4.78 is 2.41. The average Bonchev–Trinajstić information content (AvgIpc) is 2.52. The van der Waals surface area contributed by atoms with Crippen molar-refractivity contribution in [2.75, 3.05) is 0 Å². The normalized spacial score (nSPS) is 11.4. The second-order valence-electron chi connectivity index (χ2n) is 5.01. The molecule has 0 atom stereocenters. The summed E-state index contributed by atoms with van der Waals surface area (Å²) in [5.41, 5.74) is 2.54. The second kappa shape index (κ2) is 6.07. The molecule has 0 unspecified atom stereocenters. The van der Waals surface area contributed by atoms with E-state index in [4.69, 9.17) is 0 Å². The predicted octanol–water partition coefficient (Wildman–Crippen LogP) is 4.20. The minimum Gasteiger partial charge on any atom is -0.332 e. The SMILES string of the molecule is CCCCCCn1c(C(C)C)nc(C)c1C. The number of imidazole rings is 1. The van der Waals surface area contributed by atoms with E-state index >= 15 is 0 Å². The molecule has 1 heterocycles. The van der Waals surface area contributed by atoms with Gasteiger partial charge in [-0.2, -0.15) is 0 Å². The second-order valence-corrected chi connectivity index (χ2v) is 5.01. The van der Waals surface area contributed by atoms with Gasteiger partial charge in [-0.15, -0.1) is 0 Å². The lowest BCUT2D eigenvalue weighted by atomic mass is 10.2. The molecule has 0 fully saturated rings. The quantitative estimate of drug-likeness (QED) is 0.659. The third-order valence-electron chi connectivity index (χ3n) is 3.24. The number of unbranched alkanes of at least 4 members (excludes halogenated alkanes) is 3. The summed E-state index contributed by atoms with van der Waals surface area (Å²) in [6.07, 6.45) is 5.28. The van der Waals surface area contributed by atoms with Crippen molar-refractivity contribution < 1.29 is 0 Å². The third kappa shape index (κ3) is 3.10. The molecule has 0 aromatic carbocycles. The van der Waals surface area contributed by atoms with Crippen LogP contribution >= 0.6 is 0 Å². The van der Waals surface area contributed by atoms with E-state index in [9.17, 15) is 0 Å². The van der Waals surface area contributed by atoms with E-state index in [0.29, 0.717) is 5.92 Å². The third-order valence-corrected chi connectivity index (χ3v) is 3.24. The van der Waals surface area contributed by atoms with E-state index in [2.05, 4.69) is 44.2 Å². The van der Waals surface area contributed by atoms with Crippen LogP contribution in [0, 0.1) is 13.8 Å². The van der Waals surface area contributed by atoms with Crippen LogP contribution in [0.2, 0.25) is 0 Å². The fourth-order valence-corrected chi connectivity index (χ4v) is 2.10. The monoisotopic (exact) mass is 222 g/mol. The molecule has 2 heteroatoms. The lowest BCUT2D eigenvalue weighted by molar-refractivity contribution is 0.545. The first-order valence-electron chi connectivity index (χ1n) is 6.61. The number of nitrogens with zero attached hydrogens (tertiary/aromatic N) is 2. The van der Waals surface area contributed by atoms with Crippen molar-refractivity contribution in [3.05, 3.63) is 17.2 Å². The molecule has 0 saturated carbocycles. The highest BCUT2D eigenvalue weighted by Crippen LogP contribution is 2.19. The van der Waals surface area contributed by atoms with Gasteiger partial charge in [0.1, 0.15) is 5.82 Å². The van der Waals surface area contributed by atoms with Gasteiger partial charge in [0, 0.05) is 18.2 Å². The van der Waals surface area contributed by atoms with Crippen LogP contribution in [0.5, 0.6) is 0 Å². The molecular weight excluding hydrogens is 196 g/mol. The van der Waals surface area contributed by atoms with E-state index in [-0.39, 0.29) is 0 Å². The van der Waals surface area contributed by atoms with Crippen molar-refractivity contribution >= 4 is 0 Å². The Morgan fingerprint density at radius 3 is 2.38 bits per heavy atom. The summed E-state index contributed by atoms with van der Waals surface area (Å²) in [6, 6.07) is 0. The summed E-state index contributed by atoms with van der Waals surface area (Å²) in [4.78, 5) is 4.67. The van der Waals surface area contributed by atoms with Gasteiger partial charge in [0.15, 0.2) is 0 Å². The summed E-state index contributed by atoms with van der Waals surface area (Å²) in [5, 5.41) is 0. The number of aromatic nitrogens is 2. The van der Waals surface area contributed by atoms with Crippen LogP contribution in [-0.4, -0.2) is 9.55 Å². The Labute approximate surface area is 100 Å². The fraction of sp³-hybridized carbons (Fsp3) is 0.786. The van der Waals surface area contributed by atoms with Crippen molar-refractivity contribution in [1.29, 1.82) is 0 Å². The maximum Gasteiger partial charge on any atom is 0.111 e. The zero-order valence-corrected chi connectivity index (χ0v) is 11.5. The Morgan fingerprint density at radius 2 is 1.81 bits per heavy atom. The molecule has 0 spiro atoms. The number of aryl methyl sites for hydroxylation is 1. The molecule has 1 aromatic rings. The molecule has 0 N–H and O–H groups in total. The van der Waals surface area contributed by atoms with E-state index in [1.807, 2.05) is 0 Å². The van der Waals surface area contributed by atoms with Crippen molar-refractivity contribution in [3.63, 3.8) is 0 Å². The zero-order chi connectivity index (χ0) is 12.1. The van der Waals surface area contributed by atoms with E-state index in [1.165, 1.54) is 42.9 Å². The molecule has 0 amide bonds. The number of rotatable bonds is 6. The van der Waals surface area contributed by atoms with Crippen LogP contribution in [-0.2, 0) is 6.54 Å². The molecular formula is C14H26N2. The fourth-order valence-electron chi connectivity index (χ4n) is 2.10. The zero-order valence-electron chi connectivity index (χ0n) is 11.5. The van der Waals surface area contributed by atoms with Crippen LogP contribution in [0.15, 0.2) is 0 Å². The van der Waals surface area contributed by atoms with Gasteiger partial charge in [-0.05, 0) is 20.3 Å². The molecule has 1 aromatic heterocycles. The topological polar surface area (TPSA) is 17.8 Å². The van der Waals surface area contributed by atoms with Crippen molar-refractivity contribution in [2.24, 2.45) is 0 Å².